The van der Waals surface area contributed by atoms with Gasteiger partial charge in [0, 0.05) is 0 Å². The molecule has 0 nitrogen and oxygen atoms in total. The maximum Gasteiger partial charge on any atom is -0.0174 e. The molecule has 0 radical (unpaired) electrons. The van der Waals surface area contributed by atoms with Gasteiger partial charge in [-0.25, -0.2) is 0 Å². The van der Waals surface area contributed by atoms with Crippen LogP contribution in [0.15, 0.2) is 35.5 Å². The van der Waals surface area contributed by atoms with Crippen molar-refractivity contribution in [2.75, 3.05) is 0 Å². The highest BCUT2D eigenvalue weighted by atomic mass is 14.2. The monoisotopic (exact) mass is 274 g/mol. The number of rotatable bonds is 1. The van der Waals surface area contributed by atoms with Crippen molar-refractivity contribution >= 4 is 0 Å². The molecule has 0 aromatic rings. The van der Waals surface area contributed by atoms with Gasteiger partial charge in [0.1, 0.15) is 0 Å². The summed E-state index contributed by atoms with van der Waals surface area (Å²) in [4.78, 5) is 0. The van der Waals surface area contributed by atoms with Crippen molar-refractivity contribution < 1.29 is 0 Å². The Hall–Kier alpha value is -0.780. The van der Waals surface area contributed by atoms with E-state index >= 15 is 0 Å². The van der Waals surface area contributed by atoms with Crippen molar-refractivity contribution in [1.82, 2.24) is 0 Å². The highest BCUT2D eigenvalue weighted by Gasteiger charge is 2.11. The quantitative estimate of drug-likeness (QED) is 0.459. The third-order valence-corrected chi connectivity index (χ3v) is 4.76. The maximum absolute atomic E-state index is 4.20. The van der Waals surface area contributed by atoms with Crippen LogP contribution < -0.4 is 0 Å². The summed E-state index contributed by atoms with van der Waals surface area (Å²) in [6, 6.07) is 0. The van der Waals surface area contributed by atoms with Gasteiger partial charge in [-0.15, -0.1) is 0 Å². The highest BCUT2D eigenvalue weighted by molar-refractivity contribution is 5.07. The van der Waals surface area contributed by atoms with E-state index in [0.29, 0.717) is 5.92 Å². The van der Waals surface area contributed by atoms with Gasteiger partial charge < -0.3 is 0 Å². The number of hydrogen-bond acceptors (Lipinski definition) is 0. The van der Waals surface area contributed by atoms with Crippen LogP contribution in [0.2, 0.25) is 0 Å². The molecule has 114 valence electrons. The van der Waals surface area contributed by atoms with E-state index < -0.39 is 0 Å². The van der Waals surface area contributed by atoms with E-state index in [1.165, 1.54) is 56.9 Å². The molecular weight excluding hydrogens is 240 g/mol. The summed E-state index contributed by atoms with van der Waals surface area (Å²) in [6.45, 7) is 13.4. The minimum absolute atomic E-state index is 0.688. The largest absolute Gasteiger partial charge is 0.0998 e. The molecule has 0 heteroatoms. The zero-order valence-corrected chi connectivity index (χ0v) is 14.2. The Morgan fingerprint density at radius 2 is 1.75 bits per heavy atom. The standard InChI is InChI=1S/C20H34/c1-16(2)20-14-12-18(4)10-6-8-17(3)9-7-11-19(5)13-15-20/h8,12,19-20H,1,6-7,9-11,13-15H2,2-5H3/b17-8+,18-12+/t19-,20-/m1/s1. The first-order chi connectivity index (χ1) is 9.49. The fraction of sp³-hybridized carbons (Fsp3) is 0.700. The lowest BCUT2D eigenvalue weighted by atomic mass is 9.87. The first-order valence-corrected chi connectivity index (χ1v) is 8.45. The summed E-state index contributed by atoms with van der Waals surface area (Å²) >= 11 is 0. The zero-order chi connectivity index (χ0) is 15.0. The van der Waals surface area contributed by atoms with Crippen LogP contribution in [-0.2, 0) is 0 Å². The molecule has 0 saturated carbocycles. The lowest BCUT2D eigenvalue weighted by molar-refractivity contribution is 0.415. The second-order valence-corrected chi connectivity index (χ2v) is 6.99. The molecule has 0 heterocycles. The number of allylic oxidation sites excluding steroid dienone is 5. The van der Waals surface area contributed by atoms with Crippen LogP contribution in [0.3, 0.4) is 0 Å². The lowest BCUT2D eigenvalue weighted by Gasteiger charge is -2.19. The van der Waals surface area contributed by atoms with Crippen molar-refractivity contribution in [2.45, 2.75) is 79.1 Å². The summed E-state index contributed by atoms with van der Waals surface area (Å²) in [5.74, 6) is 1.55. The van der Waals surface area contributed by atoms with E-state index in [2.05, 4.69) is 46.4 Å². The predicted molar refractivity (Wildman–Crippen MR) is 91.9 cm³/mol. The molecule has 2 atom stereocenters. The summed E-state index contributed by atoms with van der Waals surface area (Å²) in [5.41, 5.74) is 4.50. The van der Waals surface area contributed by atoms with Gasteiger partial charge in [0.05, 0.1) is 0 Å². The van der Waals surface area contributed by atoms with Gasteiger partial charge in [-0.3, -0.25) is 0 Å². The highest BCUT2D eigenvalue weighted by Crippen LogP contribution is 2.26. The average molecular weight is 274 g/mol. The van der Waals surface area contributed by atoms with Crippen LogP contribution in [0.5, 0.6) is 0 Å². The third-order valence-electron chi connectivity index (χ3n) is 4.76. The van der Waals surface area contributed by atoms with Gasteiger partial charge in [0.2, 0.25) is 0 Å². The molecule has 0 unspecified atom stereocenters. The van der Waals surface area contributed by atoms with Crippen LogP contribution in [0, 0.1) is 11.8 Å². The SMILES string of the molecule is C=C(C)[C@@H]1C/C=C(\C)CC/C=C(\C)CCC[C@@H](C)CC1. The lowest BCUT2D eigenvalue weighted by Crippen LogP contribution is -2.05. The normalized spacial score (nSPS) is 32.4. The predicted octanol–water partition coefficient (Wildman–Crippen LogP) is 6.84. The van der Waals surface area contributed by atoms with Crippen molar-refractivity contribution in [3.8, 4) is 0 Å². The molecular formula is C20H34. The molecule has 0 fully saturated rings. The summed E-state index contributed by atoms with van der Waals surface area (Å²) < 4.78 is 0. The van der Waals surface area contributed by atoms with Crippen LogP contribution in [-0.4, -0.2) is 0 Å². The molecule has 0 aromatic heterocycles. The molecule has 0 bridgehead atoms. The Bertz CT molecular complexity index is 356. The Morgan fingerprint density at radius 3 is 2.45 bits per heavy atom. The minimum Gasteiger partial charge on any atom is -0.0998 e. The maximum atomic E-state index is 4.20. The van der Waals surface area contributed by atoms with Crippen molar-refractivity contribution in [3.63, 3.8) is 0 Å². The fourth-order valence-electron chi connectivity index (χ4n) is 3.02. The van der Waals surface area contributed by atoms with Gasteiger partial charge in [-0.2, -0.15) is 0 Å². The molecule has 1 aliphatic carbocycles. The topological polar surface area (TPSA) is 0 Å². The first-order valence-electron chi connectivity index (χ1n) is 8.45. The summed E-state index contributed by atoms with van der Waals surface area (Å²) in [5, 5.41) is 0. The molecule has 0 saturated heterocycles. The van der Waals surface area contributed by atoms with Crippen LogP contribution in [0.25, 0.3) is 0 Å². The summed E-state index contributed by atoms with van der Waals surface area (Å²) in [6.07, 6.45) is 15.2. The minimum atomic E-state index is 0.688. The molecule has 0 N–H and O–H groups in total. The van der Waals surface area contributed by atoms with Crippen molar-refractivity contribution in [1.29, 1.82) is 0 Å². The smallest absolute Gasteiger partial charge is 0.0174 e. The molecule has 0 aliphatic heterocycles. The third kappa shape index (κ3) is 7.12. The molecule has 1 aliphatic rings. The second kappa shape index (κ2) is 9.21. The molecule has 0 aromatic carbocycles. The van der Waals surface area contributed by atoms with E-state index in [1.807, 2.05) is 0 Å². The van der Waals surface area contributed by atoms with Crippen molar-refractivity contribution in [3.05, 3.63) is 35.5 Å². The van der Waals surface area contributed by atoms with Gasteiger partial charge in [0.25, 0.3) is 0 Å². The van der Waals surface area contributed by atoms with E-state index in [4.69, 9.17) is 0 Å². The van der Waals surface area contributed by atoms with Crippen LogP contribution >= 0.6 is 0 Å². The molecule has 0 spiro atoms. The second-order valence-electron chi connectivity index (χ2n) is 6.99. The molecule has 20 heavy (non-hydrogen) atoms. The van der Waals surface area contributed by atoms with Gasteiger partial charge in [-0.05, 0) is 71.1 Å². The van der Waals surface area contributed by atoms with Crippen LogP contribution in [0.1, 0.15) is 79.1 Å². The van der Waals surface area contributed by atoms with Gasteiger partial charge in [0.15, 0.2) is 0 Å². The average Bonchev–Trinajstić information content (AvgIpc) is 2.37. The Kier molecular flexibility index (Phi) is 7.95. The van der Waals surface area contributed by atoms with E-state index in [1.54, 1.807) is 11.1 Å². The molecule has 1 rings (SSSR count). The first kappa shape index (κ1) is 17.3. The molecule has 0 amide bonds. The van der Waals surface area contributed by atoms with E-state index in [0.717, 1.165) is 5.92 Å². The summed E-state index contributed by atoms with van der Waals surface area (Å²) in [7, 11) is 0. The Labute approximate surface area is 127 Å². The van der Waals surface area contributed by atoms with Crippen LogP contribution in [0.4, 0.5) is 0 Å². The van der Waals surface area contributed by atoms with Gasteiger partial charge >= 0.3 is 0 Å². The Morgan fingerprint density at radius 1 is 1.05 bits per heavy atom. The van der Waals surface area contributed by atoms with Gasteiger partial charge in [-0.1, -0.05) is 55.2 Å². The fourth-order valence-corrected chi connectivity index (χ4v) is 3.02. The van der Waals surface area contributed by atoms with E-state index in [-0.39, 0.29) is 0 Å². The Balaban J connectivity index is 2.69. The zero-order valence-electron chi connectivity index (χ0n) is 14.2. The van der Waals surface area contributed by atoms with E-state index in [9.17, 15) is 0 Å². The van der Waals surface area contributed by atoms with Crippen molar-refractivity contribution in [2.24, 2.45) is 11.8 Å². The number of hydrogen-bond donors (Lipinski definition) is 0.